The highest BCUT2D eigenvalue weighted by Crippen LogP contribution is 2.24. The van der Waals surface area contributed by atoms with E-state index in [0.29, 0.717) is 39.4 Å². The van der Waals surface area contributed by atoms with E-state index < -0.39 is 11.4 Å². The summed E-state index contributed by atoms with van der Waals surface area (Å²) in [5.74, 6) is -0.537. The van der Waals surface area contributed by atoms with Gasteiger partial charge in [-0.15, -0.1) is 5.10 Å². The molecule has 8 nitrogen and oxygen atoms in total. The quantitative estimate of drug-likeness (QED) is 0.336. The molecule has 10 heteroatoms. The Morgan fingerprint density at radius 3 is 2.69 bits per heavy atom. The molecule has 5 aromatic rings. The van der Waals surface area contributed by atoms with Gasteiger partial charge in [-0.2, -0.15) is 0 Å². The summed E-state index contributed by atoms with van der Waals surface area (Å²) in [5, 5.41) is 11.5. The number of fused-ring (bicyclic) bond motifs is 1. The third-order valence-corrected chi connectivity index (χ3v) is 5.39. The molecule has 35 heavy (non-hydrogen) atoms. The minimum Gasteiger partial charge on any atom is -0.486 e. The van der Waals surface area contributed by atoms with Crippen LogP contribution in [0.25, 0.3) is 16.7 Å². The molecule has 1 N–H and O–H groups in total. The molecule has 174 valence electrons. The SMILES string of the molecule is O=C(Nc1ccc(F)c(Cl)c1)c1ccc(-n2cc(COc3cc(=O)oc4ccccc34)nn2)cc1. The molecule has 0 aliphatic carbocycles. The van der Waals surface area contributed by atoms with Crippen LogP contribution < -0.4 is 15.7 Å². The van der Waals surface area contributed by atoms with E-state index in [9.17, 15) is 14.0 Å². The van der Waals surface area contributed by atoms with Crippen LogP contribution in [0.2, 0.25) is 5.02 Å². The topological polar surface area (TPSA) is 99.2 Å². The molecule has 0 aliphatic heterocycles. The van der Waals surface area contributed by atoms with Crippen molar-refractivity contribution in [2.45, 2.75) is 6.61 Å². The van der Waals surface area contributed by atoms with Gasteiger partial charge >= 0.3 is 5.63 Å². The van der Waals surface area contributed by atoms with Crippen LogP contribution in [0.3, 0.4) is 0 Å². The second-order valence-electron chi connectivity index (χ2n) is 7.50. The lowest BCUT2D eigenvalue weighted by Gasteiger charge is -2.07. The molecule has 1 amide bonds. The van der Waals surface area contributed by atoms with Crippen LogP contribution in [0.15, 0.2) is 88.2 Å². The maximum absolute atomic E-state index is 13.3. The molecule has 0 aliphatic rings. The summed E-state index contributed by atoms with van der Waals surface area (Å²) in [6.07, 6.45) is 1.68. The number of anilines is 1. The number of halogens is 2. The van der Waals surface area contributed by atoms with Crippen LogP contribution in [-0.4, -0.2) is 20.9 Å². The average Bonchev–Trinajstić information content (AvgIpc) is 3.34. The molecule has 0 spiro atoms. The summed E-state index contributed by atoms with van der Waals surface area (Å²) < 4.78 is 25.8. The summed E-state index contributed by atoms with van der Waals surface area (Å²) in [5.41, 5.74) is 1.93. The van der Waals surface area contributed by atoms with Crippen molar-refractivity contribution < 1.29 is 18.3 Å². The van der Waals surface area contributed by atoms with Crippen molar-refractivity contribution in [3.63, 3.8) is 0 Å². The van der Waals surface area contributed by atoms with Gasteiger partial charge in [-0.25, -0.2) is 13.9 Å². The number of rotatable bonds is 6. The lowest BCUT2D eigenvalue weighted by Crippen LogP contribution is -2.12. The minimum atomic E-state index is -0.561. The highest BCUT2D eigenvalue weighted by molar-refractivity contribution is 6.31. The molecule has 2 aromatic heterocycles. The van der Waals surface area contributed by atoms with E-state index in [-0.39, 0.29) is 17.5 Å². The van der Waals surface area contributed by atoms with Crippen molar-refractivity contribution >= 4 is 34.2 Å². The molecule has 3 aromatic carbocycles. The molecule has 0 saturated carbocycles. The first kappa shape index (κ1) is 22.3. The van der Waals surface area contributed by atoms with E-state index in [4.69, 9.17) is 20.8 Å². The maximum Gasteiger partial charge on any atom is 0.339 e. The van der Waals surface area contributed by atoms with Crippen molar-refractivity contribution in [1.82, 2.24) is 15.0 Å². The number of nitrogens with one attached hydrogen (secondary N) is 1. The van der Waals surface area contributed by atoms with E-state index in [0.717, 1.165) is 0 Å². The zero-order chi connectivity index (χ0) is 24.4. The lowest BCUT2D eigenvalue weighted by molar-refractivity contribution is 0.102. The Hall–Kier alpha value is -4.50. The van der Waals surface area contributed by atoms with Crippen LogP contribution >= 0.6 is 11.6 Å². The number of hydrogen-bond donors (Lipinski definition) is 1. The molecule has 0 atom stereocenters. The largest absolute Gasteiger partial charge is 0.486 e. The van der Waals surface area contributed by atoms with Gasteiger partial charge in [0.05, 0.1) is 28.4 Å². The molecule has 0 bridgehead atoms. The molecular formula is C25H16ClFN4O4. The summed E-state index contributed by atoms with van der Waals surface area (Å²) in [6.45, 7) is 0.0914. The van der Waals surface area contributed by atoms with Gasteiger partial charge in [0, 0.05) is 11.3 Å². The van der Waals surface area contributed by atoms with Crippen LogP contribution in [0.1, 0.15) is 16.1 Å². The fourth-order valence-corrected chi connectivity index (χ4v) is 3.57. The minimum absolute atomic E-state index is 0.0759. The maximum atomic E-state index is 13.3. The smallest absolute Gasteiger partial charge is 0.339 e. The van der Waals surface area contributed by atoms with E-state index in [2.05, 4.69) is 15.6 Å². The highest BCUT2D eigenvalue weighted by Gasteiger charge is 2.11. The van der Waals surface area contributed by atoms with Gasteiger partial charge in [-0.1, -0.05) is 28.9 Å². The van der Waals surface area contributed by atoms with Crippen molar-refractivity contribution in [3.8, 4) is 11.4 Å². The van der Waals surface area contributed by atoms with Gasteiger partial charge in [0.15, 0.2) is 0 Å². The van der Waals surface area contributed by atoms with Crippen LogP contribution in [0.5, 0.6) is 5.75 Å². The van der Waals surface area contributed by atoms with Crippen molar-refractivity contribution in [1.29, 1.82) is 0 Å². The average molecular weight is 491 g/mol. The van der Waals surface area contributed by atoms with E-state index in [1.165, 1.54) is 28.9 Å². The first-order valence-corrected chi connectivity index (χ1v) is 10.8. The fourth-order valence-electron chi connectivity index (χ4n) is 3.39. The van der Waals surface area contributed by atoms with Gasteiger partial charge in [0.25, 0.3) is 5.91 Å². The zero-order valence-corrected chi connectivity index (χ0v) is 18.7. The first-order chi connectivity index (χ1) is 17.0. The number of amides is 1. The number of ether oxygens (including phenoxy) is 1. The van der Waals surface area contributed by atoms with Gasteiger partial charge < -0.3 is 14.5 Å². The van der Waals surface area contributed by atoms with Crippen LogP contribution in [0, 0.1) is 5.82 Å². The van der Waals surface area contributed by atoms with E-state index >= 15 is 0 Å². The lowest BCUT2D eigenvalue weighted by atomic mass is 10.2. The Kier molecular flexibility index (Phi) is 5.99. The standard InChI is InChI=1S/C25H16ClFN4O4/c26-20-11-16(7-10-21(20)27)28-25(33)15-5-8-18(9-6-15)31-13-17(29-30-31)14-34-23-12-24(32)35-22-4-2-1-3-19(22)23/h1-13H,14H2,(H,28,33). The van der Waals surface area contributed by atoms with Gasteiger partial charge in [-0.05, 0) is 54.6 Å². The highest BCUT2D eigenvalue weighted by atomic mass is 35.5. The number of aromatic nitrogens is 3. The fraction of sp³-hybridized carbons (Fsp3) is 0.0400. The predicted octanol–water partition coefficient (Wildman–Crippen LogP) is 5.00. The molecule has 2 heterocycles. The molecule has 0 unspecified atom stereocenters. The van der Waals surface area contributed by atoms with Crippen molar-refractivity contribution in [2.24, 2.45) is 0 Å². The number of carbonyl (C=O) groups is 1. The Bertz CT molecular complexity index is 1600. The van der Waals surface area contributed by atoms with Crippen molar-refractivity contribution in [3.05, 3.63) is 112 Å². The summed E-state index contributed by atoms with van der Waals surface area (Å²) in [6, 6.07) is 19.0. The summed E-state index contributed by atoms with van der Waals surface area (Å²) in [7, 11) is 0. The number of carbonyl (C=O) groups excluding carboxylic acids is 1. The van der Waals surface area contributed by atoms with Gasteiger partial charge in [0.1, 0.15) is 29.5 Å². The Morgan fingerprint density at radius 2 is 1.89 bits per heavy atom. The molecule has 0 saturated heterocycles. The monoisotopic (exact) mass is 490 g/mol. The Balaban J connectivity index is 1.26. The first-order valence-electron chi connectivity index (χ1n) is 10.4. The second-order valence-corrected chi connectivity index (χ2v) is 7.91. The molecule has 0 radical (unpaired) electrons. The zero-order valence-electron chi connectivity index (χ0n) is 17.9. The summed E-state index contributed by atoms with van der Waals surface area (Å²) >= 11 is 5.75. The van der Waals surface area contributed by atoms with Crippen LogP contribution in [0.4, 0.5) is 10.1 Å². The predicted molar refractivity (Wildman–Crippen MR) is 128 cm³/mol. The normalized spacial score (nSPS) is 10.9. The Labute approximate surface area is 202 Å². The molecule has 5 rings (SSSR count). The van der Waals surface area contributed by atoms with E-state index in [1.54, 1.807) is 48.7 Å². The van der Waals surface area contributed by atoms with Gasteiger partial charge in [0.2, 0.25) is 0 Å². The van der Waals surface area contributed by atoms with Crippen molar-refractivity contribution in [2.75, 3.05) is 5.32 Å². The molecule has 0 fully saturated rings. The number of nitrogens with zero attached hydrogens (tertiary/aromatic N) is 3. The van der Waals surface area contributed by atoms with Crippen LogP contribution in [-0.2, 0) is 6.61 Å². The molecular weight excluding hydrogens is 475 g/mol. The Morgan fingerprint density at radius 1 is 1.09 bits per heavy atom. The second kappa shape index (κ2) is 9.40. The number of benzene rings is 3. The van der Waals surface area contributed by atoms with E-state index in [1.807, 2.05) is 6.07 Å². The number of hydrogen-bond acceptors (Lipinski definition) is 6. The summed E-state index contributed by atoms with van der Waals surface area (Å²) in [4.78, 5) is 24.3. The third kappa shape index (κ3) is 4.90. The third-order valence-electron chi connectivity index (χ3n) is 5.10. The number of para-hydroxylation sites is 1. The van der Waals surface area contributed by atoms with Gasteiger partial charge in [-0.3, -0.25) is 4.79 Å².